The molecule has 1 aliphatic rings. The van der Waals surface area contributed by atoms with E-state index in [9.17, 15) is 4.79 Å². The summed E-state index contributed by atoms with van der Waals surface area (Å²) in [6.45, 7) is 6.23. The van der Waals surface area contributed by atoms with Crippen LogP contribution in [0.3, 0.4) is 0 Å². The topological polar surface area (TPSA) is 70.2 Å². The van der Waals surface area contributed by atoms with Crippen LogP contribution in [0.5, 0.6) is 0 Å². The van der Waals surface area contributed by atoms with E-state index in [1.807, 2.05) is 31.2 Å². The fraction of sp³-hybridized carbons (Fsp3) is 0.467. The lowest BCUT2D eigenvalue weighted by Crippen LogP contribution is -2.46. The number of hydrogen-bond acceptors (Lipinski definition) is 4. The van der Waals surface area contributed by atoms with Crippen molar-refractivity contribution >= 4 is 16.8 Å². The summed E-state index contributed by atoms with van der Waals surface area (Å²) >= 11 is 0. The summed E-state index contributed by atoms with van der Waals surface area (Å²) in [5.41, 5.74) is 1.34. The molecule has 1 saturated heterocycles. The van der Waals surface area contributed by atoms with Crippen molar-refractivity contribution in [3.8, 4) is 0 Å². The minimum Gasteiger partial charge on any atom is -0.379 e. The molecule has 2 N–H and O–H groups in total. The Labute approximate surface area is 123 Å². The highest BCUT2D eigenvalue weighted by molar-refractivity contribution is 6.04. The Kier molecular flexibility index (Phi) is 4.17. The molecule has 0 aliphatic carbocycles. The summed E-state index contributed by atoms with van der Waals surface area (Å²) < 4.78 is 5.33. The molecule has 6 nitrogen and oxygen atoms in total. The number of carbonyl (C=O) groups excluding carboxylic acids is 1. The zero-order valence-corrected chi connectivity index (χ0v) is 12.1. The minimum absolute atomic E-state index is 0.0751. The van der Waals surface area contributed by atoms with Gasteiger partial charge in [-0.15, -0.1) is 0 Å². The van der Waals surface area contributed by atoms with Gasteiger partial charge >= 0.3 is 0 Å². The van der Waals surface area contributed by atoms with Gasteiger partial charge in [0.05, 0.1) is 18.7 Å². The zero-order valence-electron chi connectivity index (χ0n) is 12.1. The number of para-hydroxylation sites is 1. The van der Waals surface area contributed by atoms with Crippen LogP contribution in [-0.2, 0) is 4.74 Å². The molecule has 0 saturated carbocycles. The first-order valence-corrected chi connectivity index (χ1v) is 7.28. The number of nitrogens with zero attached hydrogens (tertiary/aromatic N) is 2. The summed E-state index contributed by atoms with van der Waals surface area (Å²) in [6.07, 6.45) is 0. The third-order valence-corrected chi connectivity index (χ3v) is 3.70. The fourth-order valence-electron chi connectivity index (χ4n) is 2.65. The lowest BCUT2D eigenvalue weighted by atomic mass is 10.2. The number of ether oxygens (including phenoxy) is 1. The van der Waals surface area contributed by atoms with E-state index in [-0.39, 0.29) is 11.9 Å². The van der Waals surface area contributed by atoms with Gasteiger partial charge in [0.2, 0.25) is 0 Å². The Morgan fingerprint density at radius 3 is 3.00 bits per heavy atom. The van der Waals surface area contributed by atoms with Gasteiger partial charge in [-0.05, 0) is 13.0 Å². The van der Waals surface area contributed by atoms with Gasteiger partial charge in [-0.2, -0.15) is 5.10 Å². The molecule has 112 valence electrons. The number of aromatic amines is 1. The second-order valence-electron chi connectivity index (χ2n) is 5.41. The van der Waals surface area contributed by atoms with Crippen LogP contribution in [0.2, 0.25) is 0 Å². The van der Waals surface area contributed by atoms with E-state index in [1.54, 1.807) is 0 Å². The van der Waals surface area contributed by atoms with Crippen molar-refractivity contribution in [1.29, 1.82) is 0 Å². The van der Waals surface area contributed by atoms with Crippen molar-refractivity contribution in [1.82, 2.24) is 20.4 Å². The lowest BCUT2D eigenvalue weighted by Gasteiger charge is -2.29. The predicted molar refractivity (Wildman–Crippen MR) is 80.3 cm³/mol. The number of fused-ring (bicyclic) bond motifs is 1. The van der Waals surface area contributed by atoms with Crippen molar-refractivity contribution < 1.29 is 9.53 Å². The van der Waals surface area contributed by atoms with Crippen LogP contribution < -0.4 is 5.32 Å². The SMILES string of the molecule is C[C@@H](CN1CCOCC1)NC(=O)c1n[nH]c2ccccc12. The summed E-state index contributed by atoms with van der Waals surface area (Å²) in [5, 5.41) is 10.9. The maximum absolute atomic E-state index is 12.3. The summed E-state index contributed by atoms with van der Waals surface area (Å²) in [4.78, 5) is 14.6. The quantitative estimate of drug-likeness (QED) is 0.881. The number of benzene rings is 1. The Bertz CT molecular complexity index is 619. The summed E-state index contributed by atoms with van der Waals surface area (Å²) in [6, 6.07) is 7.72. The number of amides is 1. The molecule has 1 aliphatic heterocycles. The first-order valence-electron chi connectivity index (χ1n) is 7.28. The van der Waals surface area contributed by atoms with Gasteiger partial charge in [0.1, 0.15) is 0 Å². The zero-order chi connectivity index (χ0) is 14.7. The summed E-state index contributed by atoms with van der Waals surface area (Å²) in [7, 11) is 0. The van der Waals surface area contributed by atoms with Crippen LogP contribution >= 0.6 is 0 Å². The second-order valence-corrected chi connectivity index (χ2v) is 5.41. The van der Waals surface area contributed by atoms with Gasteiger partial charge in [-0.3, -0.25) is 14.8 Å². The standard InChI is InChI=1S/C15H20N4O2/c1-11(10-19-6-8-21-9-7-19)16-15(20)14-12-4-2-3-5-13(12)17-18-14/h2-5,11H,6-10H2,1H3,(H,16,20)(H,17,18)/t11-/m0/s1. The third kappa shape index (κ3) is 3.22. The molecule has 3 rings (SSSR count). The van der Waals surface area contributed by atoms with Gasteiger partial charge in [0, 0.05) is 31.1 Å². The molecule has 2 aromatic rings. The molecule has 1 amide bonds. The molecule has 1 aromatic heterocycles. The van der Waals surface area contributed by atoms with Crippen molar-refractivity contribution in [3.05, 3.63) is 30.0 Å². The predicted octanol–water partition coefficient (Wildman–Crippen LogP) is 1.01. The van der Waals surface area contributed by atoms with E-state index in [1.165, 1.54) is 0 Å². The van der Waals surface area contributed by atoms with Crippen molar-refractivity contribution in [3.63, 3.8) is 0 Å². The summed E-state index contributed by atoms with van der Waals surface area (Å²) in [5.74, 6) is -0.131. The normalized spacial score (nSPS) is 17.8. The Balaban J connectivity index is 1.62. The number of H-pyrrole nitrogens is 1. The molecule has 0 bridgehead atoms. The van der Waals surface area contributed by atoms with Crippen LogP contribution in [0.25, 0.3) is 10.9 Å². The van der Waals surface area contributed by atoms with Crippen molar-refractivity contribution in [2.24, 2.45) is 0 Å². The minimum atomic E-state index is -0.131. The highest BCUT2D eigenvalue weighted by Crippen LogP contribution is 2.14. The molecule has 1 atom stereocenters. The van der Waals surface area contributed by atoms with Crippen LogP contribution in [0.4, 0.5) is 0 Å². The van der Waals surface area contributed by atoms with Crippen LogP contribution in [-0.4, -0.2) is 59.9 Å². The number of morpholine rings is 1. The van der Waals surface area contributed by atoms with Gasteiger partial charge in [0.15, 0.2) is 5.69 Å². The van der Waals surface area contributed by atoms with E-state index in [0.29, 0.717) is 5.69 Å². The number of nitrogens with one attached hydrogen (secondary N) is 2. The highest BCUT2D eigenvalue weighted by Gasteiger charge is 2.18. The first-order chi connectivity index (χ1) is 10.2. The van der Waals surface area contributed by atoms with Crippen LogP contribution in [0, 0.1) is 0 Å². The monoisotopic (exact) mass is 288 g/mol. The van der Waals surface area contributed by atoms with Crippen molar-refractivity contribution in [2.75, 3.05) is 32.8 Å². The van der Waals surface area contributed by atoms with Gasteiger partial charge in [-0.1, -0.05) is 18.2 Å². The Morgan fingerprint density at radius 2 is 2.19 bits per heavy atom. The van der Waals surface area contributed by atoms with E-state index < -0.39 is 0 Å². The number of rotatable bonds is 4. The first kappa shape index (κ1) is 14.0. The molecular formula is C15H20N4O2. The van der Waals surface area contributed by atoms with Gasteiger partial charge in [0.25, 0.3) is 5.91 Å². The maximum atomic E-state index is 12.3. The molecule has 0 spiro atoms. The smallest absolute Gasteiger partial charge is 0.272 e. The van der Waals surface area contributed by atoms with Gasteiger partial charge < -0.3 is 10.1 Å². The van der Waals surface area contributed by atoms with E-state index in [0.717, 1.165) is 43.8 Å². The lowest BCUT2D eigenvalue weighted by molar-refractivity contribution is 0.0342. The molecule has 1 fully saturated rings. The molecular weight excluding hydrogens is 268 g/mol. The third-order valence-electron chi connectivity index (χ3n) is 3.70. The molecule has 21 heavy (non-hydrogen) atoms. The average molecular weight is 288 g/mol. The molecule has 1 aromatic carbocycles. The largest absolute Gasteiger partial charge is 0.379 e. The maximum Gasteiger partial charge on any atom is 0.272 e. The van der Waals surface area contributed by atoms with E-state index >= 15 is 0 Å². The molecule has 2 heterocycles. The number of carbonyl (C=O) groups is 1. The molecule has 0 radical (unpaired) electrons. The highest BCUT2D eigenvalue weighted by atomic mass is 16.5. The van der Waals surface area contributed by atoms with Crippen LogP contribution in [0.1, 0.15) is 17.4 Å². The average Bonchev–Trinajstić information content (AvgIpc) is 2.92. The molecule has 6 heteroatoms. The molecule has 0 unspecified atom stereocenters. The van der Waals surface area contributed by atoms with E-state index in [2.05, 4.69) is 20.4 Å². The van der Waals surface area contributed by atoms with E-state index in [4.69, 9.17) is 4.74 Å². The Morgan fingerprint density at radius 1 is 1.43 bits per heavy atom. The second kappa shape index (κ2) is 6.24. The Hall–Kier alpha value is -1.92. The van der Waals surface area contributed by atoms with Crippen LogP contribution in [0.15, 0.2) is 24.3 Å². The number of hydrogen-bond donors (Lipinski definition) is 2. The fourth-order valence-corrected chi connectivity index (χ4v) is 2.65. The van der Waals surface area contributed by atoms with Gasteiger partial charge in [-0.25, -0.2) is 0 Å². The number of aromatic nitrogens is 2. The van der Waals surface area contributed by atoms with Crippen molar-refractivity contribution in [2.45, 2.75) is 13.0 Å².